The number of carbonyl (C=O) groups excluding carboxylic acids is 2. The third-order valence-electron chi connectivity index (χ3n) is 5.85. The van der Waals surface area contributed by atoms with E-state index in [2.05, 4.69) is 34.6 Å². The fourth-order valence-corrected chi connectivity index (χ4v) is 4.27. The molecule has 8 heteroatoms. The predicted molar refractivity (Wildman–Crippen MR) is 119 cm³/mol. The van der Waals surface area contributed by atoms with Gasteiger partial charge in [-0.25, -0.2) is 9.59 Å². The molecular formula is C25H24N2O6. The number of hydrogen-bond acceptors (Lipinski definition) is 5. The van der Waals surface area contributed by atoms with Gasteiger partial charge in [0, 0.05) is 25.0 Å². The quantitative estimate of drug-likeness (QED) is 0.584. The van der Waals surface area contributed by atoms with Gasteiger partial charge in [0.25, 0.3) is 5.91 Å². The number of hydrogen-bond donors (Lipinski definition) is 3. The first-order chi connectivity index (χ1) is 16.0. The zero-order valence-electron chi connectivity index (χ0n) is 17.9. The highest BCUT2D eigenvalue weighted by molar-refractivity contribution is 5.93. The highest BCUT2D eigenvalue weighted by atomic mass is 16.5. The molecular weight excluding hydrogens is 424 g/mol. The largest absolute Gasteiger partial charge is 0.479 e. The van der Waals surface area contributed by atoms with E-state index in [1.54, 1.807) is 0 Å². The number of amides is 2. The smallest absolute Gasteiger partial charge is 0.407 e. The topological polar surface area (TPSA) is 114 Å². The van der Waals surface area contributed by atoms with Crippen molar-refractivity contribution in [1.29, 1.82) is 0 Å². The van der Waals surface area contributed by atoms with E-state index < -0.39 is 24.1 Å². The normalized spacial score (nSPS) is 18.4. The Hall–Kier alpha value is -3.83. The number of ether oxygens (including phenoxy) is 2. The summed E-state index contributed by atoms with van der Waals surface area (Å²) in [4.78, 5) is 35.0. The van der Waals surface area contributed by atoms with Gasteiger partial charge in [0.05, 0.1) is 6.54 Å². The van der Waals surface area contributed by atoms with Crippen molar-refractivity contribution in [3.8, 4) is 23.0 Å². The maximum absolute atomic E-state index is 12.1. The summed E-state index contributed by atoms with van der Waals surface area (Å²) in [6, 6.07) is 16.1. The standard InChI is InChI=1S/C25H24N2O6/c28-22(27-14-16-11-13-32-23(16)24(29)30)10-5-12-26-25(31)33-15-21-19-8-3-1-6-17(19)18-7-2-4-9-20(18)21/h1-4,6-9,16,21,23H,11-15H2,(H,26,31)(H,27,28)(H,29,30)/t16-,23-/m1/s1. The van der Waals surface area contributed by atoms with Crippen molar-refractivity contribution in [2.24, 2.45) is 5.92 Å². The monoisotopic (exact) mass is 448 g/mol. The lowest BCUT2D eigenvalue weighted by Gasteiger charge is -2.14. The molecule has 0 bridgehead atoms. The van der Waals surface area contributed by atoms with E-state index >= 15 is 0 Å². The van der Waals surface area contributed by atoms with Crippen LogP contribution in [-0.2, 0) is 19.1 Å². The summed E-state index contributed by atoms with van der Waals surface area (Å²) < 4.78 is 10.5. The number of benzene rings is 2. The SMILES string of the molecule is O=C(C#CCNC(=O)OCC1c2ccccc2-c2ccccc21)NC[C@H]1CCO[C@H]1C(=O)O. The van der Waals surface area contributed by atoms with E-state index in [1.807, 2.05) is 36.4 Å². The summed E-state index contributed by atoms with van der Waals surface area (Å²) in [5.74, 6) is 3.04. The average Bonchev–Trinajstić information content (AvgIpc) is 3.42. The second kappa shape index (κ2) is 10.2. The van der Waals surface area contributed by atoms with Crippen LogP contribution in [0.4, 0.5) is 4.79 Å². The van der Waals surface area contributed by atoms with Gasteiger partial charge in [0.15, 0.2) is 6.10 Å². The molecule has 0 aromatic heterocycles. The average molecular weight is 448 g/mol. The van der Waals surface area contributed by atoms with E-state index in [-0.39, 0.29) is 31.5 Å². The number of carboxylic acid groups (broad SMARTS) is 1. The number of nitrogens with one attached hydrogen (secondary N) is 2. The van der Waals surface area contributed by atoms with Gasteiger partial charge >= 0.3 is 12.1 Å². The van der Waals surface area contributed by atoms with Crippen molar-refractivity contribution in [1.82, 2.24) is 10.6 Å². The number of aliphatic carboxylic acids is 1. The second-order valence-corrected chi connectivity index (χ2v) is 7.87. The Bertz CT molecular complexity index is 1070. The van der Waals surface area contributed by atoms with E-state index in [9.17, 15) is 14.4 Å². The van der Waals surface area contributed by atoms with Crippen molar-refractivity contribution in [3.63, 3.8) is 0 Å². The number of carbonyl (C=O) groups is 3. The minimum atomic E-state index is -1.04. The summed E-state index contributed by atoms with van der Waals surface area (Å²) in [6.07, 6.45) is -0.957. The molecule has 0 unspecified atom stereocenters. The third kappa shape index (κ3) is 5.16. The minimum Gasteiger partial charge on any atom is -0.479 e. The number of rotatable bonds is 6. The molecule has 0 radical (unpaired) electrons. The molecule has 170 valence electrons. The molecule has 4 rings (SSSR count). The van der Waals surface area contributed by atoms with Crippen molar-refractivity contribution >= 4 is 18.0 Å². The maximum Gasteiger partial charge on any atom is 0.407 e. The summed E-state index contributed by atoms with van der Waals surface area (Å²) >= 11 is 0. The van der Waals surface area contributed by atoms with Crippen LogP contribution in [0.2, 0.25) is 0 Å². The van der Waals surface area contributed by atoms with Crippen molar-refractivity contribution in [3.05, 3.63) is 59.7 Å². The van der Waals surface area contributed by atoms with Gasteiger partial charge in [-0.3, -0.25) is 4.79 Å². The molecule has 1 aliphatic carbocycles. The highest BCUT2D eigenvalue weighted by Gasteiger charge is 2.34. The van der Waals surface area contributed by atoms with Crippen LogP contribution in [-0.4, -0.2) is 55.5 Å². The molecule has 3 N–H and O–H groups in total. The first-order valence-corrected chi connectivity index (χ1v) is 10.7. The first kappa shape index (κ1) is 22.4. The number of carboxylic acids is 1. The Labute approximate surface area is 191 Å². The van der Waals surface area contributed by atoms with Crippen LogP contribution in [0.1, 0.15) is 23.5 Å². The van der Waals surface area contributed by atoms with E-state index in [0.29, 0.717) is 13.0 Å². The van der Waals surface area contributed by atoms with Gasteiger partial charge < -0.3 is 25.2 Å². The maximum atomic E-state index is 12.1. The molecule has 1 heterocycles. The van der Waals surface area contributed by atoms with Gasteiger partial charge in [-0.15, -0.1) is 0 Å². The predicted octanol–water partition coefficient (Wildman–Crippen LogP) is 2.13. The molecule has 2 aliphatic rings. The van der Waals surface area contributed by atoms with Crippen molar-refractivity contribution in [2.45, 2.75) is 18.4 Å². The molecule has 2 aromatic carbocycles. The second-order valence-electron chi connectivity index (χ2n) is 7.87. The molecule has 2 amide bonds. The Morgan fingerprint density at radius 2 is 1.70 bits per heavy atom. The molecule has 33 heavy (non-hydrogen) atoms. The summed E-state index contributed by atoms with van der Waals surface area (Å²) in [5, 5.41) is 14.2. The summed E-state index contributed by atoms with van der Waals surface area (Å²) in [5.41, 5.74) is 4.55. The Morgan fingerprint density at radius 3 is 2.36 bits per heavy atom. The van der Waals surface area contributed by atoms with Crippen LogP contribution in [0.5, 0.6) is 0 Å². The Balaban J connectivity index is 1.21. The van der Waals surface area contributed by atoms with Gasteiger partial charge in [-0.2, -0.15) is 0 Å². The molecule has 0 spiro atoms. The molecule has 2 atom stereocenters. The fraction of sp³-hybridized carbons (Fsp3) is 0.320. The molecule has 1 aliphatic heterocycles. The molecule has 0 saturated carbocycles. The third-order valence-corrected chi connectivity index (χ3v) is 5.85. The fourth-order valence-electron chi connectivity index (χ4n) is 4.27. The molecule has 1 fully saturated rings. The van der Waals surface area contributed by atoms with Gasteiger partial charge in [0.1, 0.15) is 6.61 Å². The van der Waals surface area contributed by atoms with Crippen LogP contribution < -0.4 is 10.6 Å². The lowest BCUT2D eigenvalue weighted by molar-refractivity contribution is -0.149. The summed E-state index contributed by atoms with van der Waals surface area (Å²) in [7, 11) is 0. The van der Waals surface area contributed by atoms with Crippen LogP contribution in [0, 0.1) is 17.8 Å². The molecule has 8 nitrogen and oxygen atoms in total. The van der Waals surface area contributed by atoms with Crippen LogP contribution in [0.15, 0.2) is 48.5 Å². The number of fused-ring (bicyclic) bond motifs is 3. The number of alkyl carbamates (subject to hydrolysis) is 1. The first-order valence-electron chi connectivity index (χ1n) is 10.7. The van der Waals surface area contributed by atoms with Crippen LogP contribution >= 0.6 is 0 Å². The van der Waals surface area contributed by atoms with Crippen molar-refractivity contribution < 1.29 is 29.0 Å². The lowest BCUT2D eigenvalue weighted by atomic mass is 9.98. The van der Waals surface area contributed by atoms with Crippen LogP contribution in [0.25, 0.3) is 11.1 Å². The molecule has 2 aromatic rings. The molecule has 1 saturated heterocycles. The lowest BCUT2D eigenvalue weighted by Crippen LogP contribution is -2.36. The Kier molecular flexibility index (Phi) is 6.91. The Morgan fingerprint density at radius 1 is 1.03 bits per heavy atom. The van der Waals surface area contributed by atoms with Gasteiger partial charge in [-0.05, 0) is 34.6 Å². The van der Waals surface area contributed by atoms with Crippen LogP contribution in [0.3, 0.4) is 0 Å². The van der Waals surface area contributed by atoms with E-state index in [0.717, 1.165) is 22.3 Å². The minimum absolute atomic E-state index is 0.0331. The van der Waals surface area contributed by atoms with Gasteiger partial charge in [-0.1, -0.05) is 54.5 Å². The summed E-state index contributed by atoms with van der Waals surface area (Å²) in [6.45, 7) is 0.674. The zero-order valence-corrected chi connectivity index (χ0v) is 17.9. The van der Waals surface area contributed by atoms with E-state index in [1.165, 1.54) is 0 Å². The van der Waals surface area contributed by atoms with Gasteiger partial charge in [0.2, 0.25) is 0 Å². The zero-order chi connectivity index (χ0) is 23.2. The van der Waals surface area contributed by atoms with E-state index in [4.69, 9.17) is 14.6 Å². The highest BCUT2D eigenvalue weighted by Crippen LogP contribution is 2.44. The van der Waals surface area contributed by atoms with Crippen molar-refractivity contribution in [2.75, 3.05) is 26.3 Å².